The number of ether oxygens (including phenoxy) is 2. The number of hydrogen-bond donors (Lipinski definition) is 0. The molecular formula is C16H15N3O2S. The van der Waals surface area contributed by atoms with Crippen LogP contribution in [0.2, 0.25) is 0 Å². The van der Waals surface area contributed by atoms with Gasteiger partial charge >= 0.3 is 0 Å². The Hall–Kier alpha value is -2.31. The minimum Gasteiger partial charge on any atom is -0.428 e. The Morgan fingerprint density at radius 2 is 1.95 bits per heavy atom. The zero-order valence-corrected chi connectivity index (χ0v) is 12.9. The molecule has 0 N–H and O–H groups in total. The van der Waals surface area contributed by atoms with Crippen LogP contribution < -0.4 is 4.74 Å². The Kier molecular flexibility index (Phi) is 4.72. The number of methoxy groups -OCH3 is 1. The van der Waals surface area contributed by atoms with Gasteiger partial charge in [0.2, 0.25) is 0 Å². The third kappa shape index (κ3) is 3.66. The molecule has 0 bridgehead atoms. The van der Waals surface area contributed by atoms with E-state index >= 15 is 0 Å². The molecule has 0 amide bonds. The second kappa shape index (κ2) is 7.11. The molecule has 0 unspecified atom stereocenters. The zero-order chi connectivity index (χ0) is 15.2. The van der Waals surface area contributed by atoms with Crippen LogP contribution in [0.15, 0.2) is 48.7 Å². The molecule has 6 heteroatoms. The molecule has 0 aliphatic rings. The average Bonchev–Trinajstić information content (AvgIpc) is 3.02. The average molecular weight is 313 g/mol. The topological polar surface area (TPSA) is 57.1 Å². The van der Waals surface area contributed by atoms with Gasteiger partial charge in [-0.2, -0.15) is 9.36 Å². The maximum absolute atomic E-state index is 5.67. The van der Waals surface area contributed by atoms with Crippen molar-refractivity contribution in [1.29, 1.82) is 0 Å². The van der Waals surface area contributed by atoms with Gasteiger partial charge < -0.3 is 9.47 Å². The van der Waals surface area contributed by atoms with Gasteiger partial charge in [-0.1, -0.05) is 30.3 Å². The molecule has 0 saturated heterocycles. The first-order valence-electron chi connectivity index (χ1n) is 6.86. The summed E-state index contributed by atoms with van der Waals surface area (Å²) in [6, 6.07) is 13.8. The molecule has 0 saturated carbocycles. The molecule has 3 aromatic rings. The molecule has 0 fully saturated rings. The number of rotatable bonds is 6. The molecule has 0 radical (unpaired) electrons. The van der Waals surface area contributed by atoms with E-state index in [9.17, 15) is 0 Å². The minimum atomic E-state index is 0.514. The Balaban J connectivity index is 1.67. The number of aromatic nitrogens is 3. The lowest BCUT2D eigenvalue weighted by Gasteiger charge is -2.03. The summed E-state index contributed by atoms with van der Waals surface area (Å²) in [5.74, 6) is 1.38. The summed E-state index contributed by atoms with van der Waals surface area (Å²) >= 11 is 1.23. The lowest BCUT2D eigenvalue weighted by atomic mass is 10.1. The van der Waals surface area contributed by atoms with Crippen LogP contribution in [0.3, 0.4) is 0 Å². The molecule has 0 spiro atoms. The van der Waals surface area contributed by atoms with Crippen molar-refractivity contribution in [3.05, 3.63) is 54.5 Å². The van der Waals surface area contributed by atoms with Crippen LogP contribution in [-0.2, 0) is 11.2 Å². The van der Waals surface area contributed by atoms with Crippen LogP contribution in [-0.4, -0.2) is 28.1 Å². The fourth-order valence-corrected chi connectivity index (χ4v) is 2.49. The van der Waals surface area contributed by atoms with Crippen molar-refractivity contribution >= 4 is 11.5 Å². The van der Waals surface area contributed by atoms with E-state index in [1.54, 1.807) is 13.3 Å². The molecule has 5 nitrogen and oxygen atoms in total. The third-order valence-corrected chi connectivity index (χ3v) is 3.62. The van der Waals surface area contributed by atoms with Crippen molar-refractivity contribution < 1.29 is 9.47 Å². The van der Waals surface area contributed by atoms with Gasteiger partial charge in [-0.3, -0.25) is 4.98 Å². The zero-order valence-electron chi connectivity index (χ0n) is 12.1. The lowest BCUT2D eigenvalue weighted by molar-refractivity contribution is 0.200. The van der Waals surface area contributed by atoms with Crippen molar-refractivity contribution in [1.82, 2.24) is 14.3 Å². The van der Waals surface area contributed by atoms with E-state index in [-0.39, 0.29) is 0 Å². The normalized spacial score (nSPS) is 10.6. The standard InChI is InChI=1S/C16H15N3O2S/c1-20-10-9-15-18-16(22-19-15)21-13-7-8-14(17-11-13)12-5-3-2-4-6-12/h2-8,11H,9-10H2,1H3. The highest BCUT2D eigenvalue weighted by Gasteiger charge is 2.07. The van der Waals surface area contributed by atoms with E-state index in [0.717, 1.165) is 17.1 Å². The lowest BCUT2D eigenvalue weighted by Crippen LogP contribution is -1.96. The van der Waals surface area contributed by atoms with E-state index in [4.69, 9.17) is 9.47 Å². The van der Waals surface area contributed by atoms with Gasteiger partial charge in [-0.25, -0.2) is 0 Å². The molecule has 2 aromatic heterocycles. The molecule has 0 aliphatic heterocycles. The second-order valence-corrected chi connectivity index (χ2v) is 5.28. The molecular weight excluding hydrogens is 298 g/mol. The van der Waals surface area contributed by atoms with Gasteiger partial charge in [-0.05, 0) is 12.1 Å². The van der Waals surface area contributed by atoms with Crippen molar-refractivity contribution in [3.8, 4) is 22.2 Å². The Labute approximate surface area is 132 Å². The van der Waals surface area contributed by atoms with Crippen LogP contribution in [0, 0.1) is 0 Å². The van der Waals surface area contributed by atoms with E-state index in [1.165, 1.54) is 11.5 Å². The molecule has 0 aliphatic carbocycles. The summed E-state index contributed by atoms with van der Waals surface area (Å²) in [5.41, 5.74) is 1.98. The summed E-state index contributed by atoms with van der Waals surface area (Å²) in [5, 5.41) is 0.514. The monoisotopic (exact) mass is 313 g/mol. The van der Waals surface area contributed by atoms with Gasteiger partial charge in [0.25, 0.3) is 5.19 Å². The Morgan fingerprint density at radius 1 is 1.09 bits per heavy atom. The van der Waals surface area contributed by atoms with Gasteiger partial charge in [0.05, 0.1) is 18.5 Å². The highest BCUT2D eigenvalue weighted by Crippen LogP contribution is 2.24. The predicted molar refractivity (Wildman–Crippen MR) is 85.2 cm³/mol. The molecule has 1 aromatic carbocycles. The number of nitrogens with zero attached hydrogens (tertiary/aromatic N) is 3. The highest BCUT2D eigenvalue weighted by molar-refractivity contribution is 7.07. The maximum Gasteiger partial charge on any atom is 0.298 e. The molecule has 112 valence electrons. The summed E-state index contributed by atoms with van der Waals surface area (Å²) in [6.07, 6.45) is 2.38. The van der Waals surface area contributed by atoms with Crippen LogP contribution in [0.1, 0.15) is 5.82 Å². The quantitative estimate of drug-likeness (QED) is 0.696. The minimum absolute atomic E-state index is 0.514. The van der Waals surface area contributed by atoms with Crippen LogP contribution in [0.4, 0.5) is 0 Å². The van der Waals surface area contributed by atoms with E-state index in [0.29, 0.717) is 24.0 Å². The fraction of sp³-hybridized carbons (Fsp3) is 0.188. The fourth-order valence-electron chi connectivity index (χ4n) is 1.90. The van der Waals surface area contributed by atoms with E-state index < -0.39 is 0 Å². The maximum atomic E-state index is 5.67. The third-order valence-electron chi connectivity index (χ3n) is 2.99. The largest absolute Gasteiger partial charge is 0.428 e. The number of pyridine rings is 1. The summed E-state index contributed by atoms with van der Waals surface area (Å²) in [7, 11) is 1.66. The van der Waals surface area contributed by atoms with Crippen LogP contribution >= 0.6 is 11.5 Å². The van der Waals surface area contributed by atoms with Crippen molar-refractivity contribution in [3.63, 3.8) is 0 Å². The summed E-state index contributed by atoms with van der Waals surface area (Å²) in [4.78, 5) is 8.71. The smallest absolute Gasteiger partial charge is 0.298 e. The molecule has 0 atom stereocenters. The SMILES string of the molecule is COCCc1nsc(Oc2ccc(-c3ccccc3)nc2)n1. The van der Waals surface area contributed by atoms with E-state index in [2.05, 4.69) is 14.3 Å². The molecule has 22 heavy (non-hydrogen) atoms. The predicted octanol–water partition coefficient (Wildman–Crippen LogP) is 3.58. The van der Waals surface area contributed by atoms with Crippen molar-refractivity contribution in [2.75, 3.05) is 13.7 Å². The highest BCUT2D eigenvalue weighted by atomic mass is 32.1. The second-order valence-electron chi connectivity index (χ2n) is 4.57. The Bertz CT molecular complexity index is 714. The van der Waals surface area contributed by atoms with Crippen molar-refractivity contribution in [2.24, 2.45) is 0 Å². The van der Waals surface area contributed by atoms with Gasteiger partial charge in [0.1, 0.15) is 11.6 Å². The van der Waals surface area contributed by atoms with Gasteiger partial charge in [0.15, 0.2) is 0 Å². The van der Waals surface area contributed by atoms with E-state index in [1.807, 2.05) is 42.5 Å². The number of hydrogen-bond acceptors (Lipinski definition) is 6. The molecule has 2 heterocycles. The van der Waals surface area contributed by atoms with Crippen molar-refractivity contribution in [2.45, 2.75) is 6.42 Å². The van der Waals surface area contributed by atoms with Crippen LogP contribution in [0.5, 0.6) is 10.9 Å². The number of benzene rings is 1. The first-order valence-corrected chi connectivity index (χ1v) is 7.63. The first-order chi connectivity index (χ1) is 10.8. The van der Waals surface area contributed by atoms with Gasteiger partial charge in [-0.15, -0.1) is 0 Å². The molecule has 3 rings (SSSR count). The Morgan fingerprint density at radius 3 is 2.68 bits per heavy atom. The summed E-state index contributed by atoms with van der Waals surface area (Å²) in [6.45, 7) is 0.601. The summed E-state index contributed by atoms with van der Waals surface area (Å²) < 4.78 is 14.9. The first kappa shape index (κ1) is 14.6. The van der Waals surface area contributed by atoms with Gasteiger partial charge in [0, 0.05) is 30.6 Å². The van der Waals surface area contributed by atoms with Crippen LogP contribution in [0.25, 0.3) is 11.3 Å².